The number of fused-ring (bicyclic) bond motifs is 5. The molecule has 0 bridgehead atoms. The highest BCUT2D eigenvalue weighted by Gasteiger charge is 2.43. The van der Waals surface area contributed by atoms with Gasteiger partial charge >= 0.3 is 0 Å². The molecule has 0 fully saturated rings. The van der Waals surface area contributed by atoms with Crippen LogP contribution in [0.4, 0.5) is 5.69 Å². The molecular weight excluding hydrogens is 238 g/mol. The predicted octanol–water partition coefficient (Wildman–Crippen LogP) is 3.44. The van der Waals surface area contributed by atoms with Crippen molar-refractivity contribution >= 4 is 11.6 Å². The number of hydrogen-bond donors (Lipinski definition) is 0. The minimum Gasteiger partial charge on any atom is -0.346 e. The molecule has 2 aromatic rings. The fourth-order valence-electron chi connectivity index (χ4n) is 2.97. The van der Waals surface area contributed by atoms with Crippen LogP contribution >= 0.6 is 0 Å². The third kappa shape index (κ3) is 1.33. The fourth-order valence-corrected chi connectivity index (χ4v) is 2.97. The van der Waals surface area contributed by atoms with E-state index >= 15 is 0 Å². The third-order valence-electron chi connectivity index (χ3n) is 3.88. The van der Waals surface area contributed by atoms with Gasteiger partial charge in [-0.15, -0.1) is 0 Å². The van der Waals surface area contributed by atoms with Crippen molar-refractivity contribution in [1.29, 1.82) is 0 Å². The molecule has 0 saturated heterocycles. The van der Waals surface area contributed by atoms with Crippen LogP contribution in [0.25, 0.3) is 0 Å². The van der Waals surface area contributed by atoms with Gasteiger partial charge in [-0.2, -0.15) is 0 Å². The van der Waals surface area contributed by atoms with Crippen molar-refractivity contribution in [3.63, 3.8) is 0 Å². The van der Waals surface area contributed by atoms with E-state index in [1.165, 1.54) is 0 Å². The van der Waals surface area contributed by atoms with E-state index in [1.54, 1.807) is 4.90 Å². The normalized spacial score (nSPS) is 23.8. The van der Waals surface area contributed by atoms with Crippen LogP contribution in [0.5, 0.6) is 0 Å². The van der Waals surface area contributed by atoms with Gasteiger partial charge in [0.1, 0.15) is 0 Å². The topological polar surface area (TPSA) is 29.5 Å². The highest BCUT2D eigenvalue weighted by atomic mass is 16.5. The first kappa shape index (κ1) is 10.8. The summed E-state index contributed by atoms with van der Waals surface area (Å²) in [7, 11) is 0. The molecule has 1 amide bonds. The van der Waals surface area contributed by atoms with Gasteiger partial charge in [0.05, 0.1) is 11.8 Å². The molecule has 4 rings (SSSR count). The summed E-state index contributed by atoms with van der Waals surface area (Å²) in [5.74, 6) is 0.0277. The van der Waals surface area contributed by atoms with Gasteiger partial charge in [-0.25, -0.2) is 0 Å². The van der Waals surface area contributed by atoms with Crippen LogP contribution in [-0.2, 0) is 4.74 Å². The maximum absolute atomic E-state index is 12.5. The van der Waals surface area contributed by atoms with Crippen LogP contribution in [0.3, 0.4) is 0 Å². The Hall–Kier alpha value is -2.13. The quantitative estimate of drug-likeness (QED) is 0.717. The van der Waals surface area contributed by atoms with E-state index in [2.05, 4.69) is 0 Å². The monoisotopic (exact) mass is 251 g/mol. The second-order valence-electron chi connectivity index (χ2n) is 4.95. The smallest absolute Gasteiger partial charge is 0.261 e. The van der Waals surface area contributed by atoms with Crippen LogP contribution in [0, 0.1) is 0 Å². The average molecular weight is 251 g/mol. The number of nitrogens with zero attached hydrogens (tertiary/aromatic N) is 1. The van der Waals surface area contributed by atoms with Crippen LogP contribution in [-0.4, -0.2) is 5.91 Å². The molecule has 19 heavy (non-hydrogen) atoms. The summed E-state index contributed by atoms with van der Waals surface area (Å²) in [4.78, 5) is 14.3. The van der Waals surface area contributed by atoms with Gasteiger partial charge in [-0.05, 0) is 19.1 Å². The molecule has 3 nitrogen and oxygen atoms in total. The van der Waals surface area contributed by atoms with E-state index in [0.717, 1.165) is 22.4 Å². The summed E-state index contributed by atoms with van der Waals surface area (Å²) in [6, 6.07) is 15.6. The number of benzene rings is 2. The van der Waals surface area contributed by atoms with E-state index in [4.69, 9.17) is 4.74 Å². The molecule has 3 heteroatoms. The van der Waals surface area contributed by atoms with E-state index in [1.807, 2.05) is 55.5 Å². The van der Waals surface area contributed by atoms with Crippen molar-refractivity contribution in [2.75, 3.05) is 4.90 Å². The highest BCUT2D eigenvalue weighted by Crippen LogP contribution is 2.47. The fraction of sp³-hybridized carbons (Fsp3) is 0.188. The van der Waals surface area contributed by atoms with Gasteiger partial charge in [0.2, 0.25) is 0 Å². The summed E-state index contributed by atoms with van der Waals surface area (Å²) >= 11 is 0. The summed E-state index contributed by atoms with van der Waals surface area (Å²) < 4.78 is 6.04. The van der Waals surface area contributed by atoms with Crippen molar-refractivity contribution < 1.29 is 9.53 Å². The number of hydrogen-bond acceptors (Lipinski definition) is 2. The van der Waals surface area contributed by atoms with Crippen LogP contribution in [0.15, 0.2) is 48.5 Å². The Labute approximate surface area is 111 Å². The molecule has 2 heterocycles. The van der Waals surface area contributed by atoms with Gasteiger partial charge in [-0.3, -0.25) is 9.69 Å². The zero-order valence-electron chi connectivity index (χ0n) is 10.5. The van der Waals surface area contributed by atoms with Gasteiger partial charge in [0, 0.05) is 16.7 Å². The van der Waals surface area contributed by atoms with Crippen molar-refractivity contribution in [1.82, 2.24) is 0 Å². The number of amides is 1. The van der Waals surface area contributed by atoms with E-state index in [0.29, 0.717) is 0 Å². The Morgan fingerprint density at radius 1 is 1.00 bits per heavy atom. The van der Waals surface area contributed by atoms with Gasteiger partial charge < -0.3 is 4.74 Å². The zero-order valence-corrected chi connectivity index (χ0v) is 10.5. The highest BCUT2D eigenvalue weighted by molar-refractivity contribution is 6.11. The van der Waals surface area contributed by atoms with Crippen molar-refractivity contribution in [2.24, 2.45) is 0 Å². The number of carbonyl (C=O) groups excluding carboxylic acids is 1. The molecule has 0 aromatic heterocycles. The Morgan fingerprint density at radius 2 is 1.68 bits per heavy atom. The van der Waals surface area contributed by atoms with Gasteiger partial charge in [0.25, 0.3) is 5.91 Å². The lowest BCUT2D eigenvalue weighted by Gasteiger charge is -2.35. The van der Waals surface area contributed by atoms with Crippen molar-refractivity contribution in [3.05, 3.63) is 65.2 Å². The Morgan fingerprint density at radius 3 is 2.53 bits per heavy atom. The number of anilines is 1. The average Bonchev–Trinajstić information content (AvgIpc) is 2.73. The maximum Gasteiger partial charge on any atom is 0.261 e. The molecule has 2 aliphatic heterocycles. The molecule has 0 spiro atoms. The predicted molar refractivity (Wildman–Crippen MR) is 71.9 cm³/mol. The number of carbonyl (C=O) groups is 1. The largest absolute Gasteiger partial charge is 0.346 e. The maximum atomic E-state index is 12.5. The van der Waals surface area contributed by atoms with E-state index in [9.17, 15) is 4.79 Å². The summed E-state index contributed by atoms with van der Waals surface area (Å²) in [6.07, 6.45) is -0.287. The SMILES string of the molecule is C[C@H]1O[C@@H]2c3ccccc3C(=O)N2c2ccccc21. The van der Waals surface area contributed by atoms with Gasteiger partial charge in [-0.1, -0.05) is 36.4 Å². The van der Waals surface area contributed by atoms with Crippen molar-refractivity contribution in [2.45, 2.75) is 19.3 Å². The lowest BCUT2D eigenvalue weighted by Crippen LogP contribution is -2.34. The molecule has 0 N–H and O–H groups in total. The molecular formula is C16H13NO2. The first-order valence-corrected chi connectivity index (χ1v) is 6.44. The van der Waals surface area contributed by atoms with E-state index in [-0.39, 0.29) is 18.2 Å². The lowest BCUT2D eigenvalue weighted by molar-refractivity contribution is -0.0102. The summed E-state index contributed by atoms with van der Waals surface area (Å²) in [5.41, 5.74) is 3.75. The summed E-state index contributed by atoms with van der Waals surface area (Å²) in [5, 5.41) is 0. The van der Waals surface area contributed by atoms with Crippen molar-refractivity contribution in [3.8, 4) is 0 Å². The molecule has 0 radical (unpaired) electrons. The molecule has 0 unspecified atom stereocenters. The minimum absolute atomic E-state index is 0.00333. The second-order valence-corrected chi connectivity index (χ2v) is 4.95. The lowest BCUT2D eigenvalue weighted by atomic mass is 10.0. The molecule has 2 atom stereocenters. The Bertz CT molecular complexity index is 680. The van der Waals surface area contributed by atoms with Gasteiger partial charge in [0.15, 0.2) is 6.23 Å². The zero-order chi connectivity index (χ0) is 13.0. The summed E-state index contributed by atoms with van der Waals surface area (Å²) in [6.45, 7) is 2.03. The molecule has 0 saturated carbocycles. The third-order valence-corrected chi connectivity index (χ3v) is 3.88. The Balaban J connectivity index is 1.95. The molecule has 0 aliphatic carbocycles. The molecule has 2 aromatic carbocycles. The van der Waals surface area contributed by atoms with Crippen LogP contribution in [0.1, 0.15) is 40.7 Å². The minimum atomic E-state index is -0.284. The molecule has 2 aliphatic rings. The molecule has 94 valence electrons. The number of para-hydroxylation sites is 1. The second kappa shape index (κ2) is 3.68. The van der Waals surface area contributed by atoms with E-state index < -0.39 is 0 Å². The first-order valence-electron chi connectivity index (χ1n) is 6.44. The number of ether oxygens (including phenoxy) is 1. The van der Waals surface area contributed by atoms with Crippen LogP contribution in [0.2, 0.25) is 0 Å². The standard InChI is InChI=1S/C16H13NO2/c1-10-11-6-4-5-9-14(11)17-15(18)12-7-2-3-8-13(12)16(17)19-10/h2-10,16H,1H3/t10-,16-/m1/s1. The van der Waals surface area contributed by atoms with Crippen LogP contribution < -0.4 is 4.90 Å². The Kier molecular flexibility index (Phi) is 2.09. The number of rotatable bonds is 0. The first-order chi connectivity index (χ1) is 9.27.